The second-order valence-electron chi connectivity index (χ2n) is 5.26. The summed E-state index contributed by atoms with van der Waals surface area (Å²) >= 11 is 0. The van der Waals surface area contributed by atoms with Gasteiger partial charge in [-0.15, -0.1) is 0 Å². The lowest BCUT2D eigenvalue weighted by atomic mass is 10.1. The lowest BCUT2D eigenvalue weighted by molar-refractivity contribution is -0.151. The molecule has 0 aliphatic carbocycles. The van der Waals surface area contributed by atoms with Crippen LogP contribution in [-0.4, -0.2) is 43.1 Å². The molecule has 0 bridgehead atoms. The van der Waals surface area contributed by atoms with Gasteiger partial charge in [0.2, 0.25) is 0 Å². The molecule has 0 spiro atoms. The Hall–Kier alpha value is -2.04. The first-order valence-electron chi connectivity index (χ1n) is 7.11. The third-order valence-corrected chi connectivity index (χ3v) is 3.95. The first-order chi connectivity index (χ1) is 10.0. The maximum absolute atomic E-state index is 12.2. The van der Waals surface area contributed by atoms with Gasteiger partial charge < -0.3 is 14.4 Å². The Balaban J connectivity index is 1.98. The standard InChI is InChI=1S/C16H21NO4/c1-11-6-4-8-14(12(11)2)21-10-15(18)17-9-5-7-13(17)16(19)20-3/h4,6,8,13H,5,7,9-10H2,1-3H3. The molecule has 5 nitrogen and oxygen atoms in total. The van der Waals surface area contributed by atoms with Crippen molar-refractivity contribution in [1.29, 1.82) is 0 Å². The molecule has 0 radical (unpaired) electrons. The number of benzene rings is 1. The Labute approximate surface area is 124 Å². The zero-order chi connectivity index (χ0) is 15.4. The fraction of sp³-hybridized carbons (Fsp3) is 0.500. The van der Waals surface area contributed by atoms with E-state index in [0.717, 1.165) is 17.5 Å². The summed E-state index contributed by atoms with van der Waals surface area (Å²) in [7, 11) is 1.34. The van der Waals surface area contributed by atoms with Crippen molar-refractivity contribution in [1.82, 2.24) is 4.90 Å². The minimum absolute atomic E-state index is 0.0578. The van der Waals surface area contributed by atoms with Crippen LogP contribution in [0.3, 0.4) is 0 Å². The number of nitrogens with zero attached hydrogens (tertiary/aromatic N) is 1. The molecule has 114 valence electrons. The van der Waals surface area contributed by atoms with Gasteiger partial charge in [0.15, 0.2) is 6.61 Å². The van der Waals surface area contributed by atoms with Crippen molar-refractivity contribution < 1.29 is 19.1 Å². The largest absolute Gasteiger partial charge is 0.483 e. The second kappa shape index (κ2) is 6.61. The third kappa shape index (κ3) is 3.35. The number of hydrogen-bond donors (Lipinski definition) is 0. The number of hydrogen-bond acceptors (Lipinski definition) is 4. The molecule has 1 aromatic rings. The topological polar surface area (TPSA) is 55.8 Å². The second-order valence-corrected chi connectivity index (χ2v) is 5.26. The molecule has 0 saturated carbocycles. The van der Waals surface area contributed by atoms with Crippen molar-refractivity contribution in [3.05, 3.63) is 29.3 Å². The Morgan fingerprint density at radius 3 is 2.81 bits per heavy atom. The number of methoxy groups -OCH3 is 1. The summed E-state index contributed by atoms with van der Waals surface area (Å²) in [6.07, 6.45) is 1.47. The fourth-order valence-electron chi connectivity index (χ4n) is 2.55. The number of ether oxygens (including phenoxy) is 2. The Kier molecular flexibility index (Phi) is 4.83. The van der Waals surface area contributed by atoms with Crippen molar-refractivity contribution in [2.75, 3.05) is 20.3 Å². The highest BCUT2D eigenvalue weighted by Crippen LogP contribution is 2.22. The zero-order valence-electron chi connectivity index (χ0n) is 12.7. The summed E-state index contributed by atoms with van der Waals surface area (Å²) in [5.74, 6) is 0.175. The molecule has 1 heterocycles. The van der Waals surface area contributed by atoms with Crippen molar-refractivity contribution in [2.24, 2.45) is 0 Å². The summed E-state index contributed by atoms with van der Waals surface area (Å²) < 4.78 is 10.3. The van der Waals surface area contributed by atoms with Gasteiger partial charge in [0.25, 0.3) is 5.91 Å². The SMILES string of the molecule is COC(=O)C1CCCN1C(=O)COc1cccc(C)c1C. The predicted octanol–water partition coefficient (Wildman–Crippen LogP) is 1.85. The number of amides is 1. The smallest absolute Gasteiger partial charge is 0.328 e. The van der Waals surface area contributed by atoms with Crippen LogP contribution in [0.4, 0.5) is 0 Å². The normalized spacial score (nSPS) is 17.7. The van der Waals surface area contributed by atoms with Crippen molar-refractivity contribution in [3.63, 3.8) is 0 Å². The van der Waals surface area contributed by atoms with Crippen LogP contribution >= 0.6 is 0 Å². The van der Waals surface area contributed by atoms with Crippen molar-refractivity contribution in [2.45, 2.75) is 32.7 Å². The first-order valence-corrected chi connectivity index (χ1v) is 7.11. The Morgan fingerprint density at radius 2 is 2.10 bits per heavy atom. The van der Waals surface area contributed by atoms with Gasteiger partial charge in [0.1, 0.15) is 11.8 Å². The monoisotopic (exact) mass is 291 g/mol. The van der Waals surface area contributed by atoms with E-state index in [2.05, 4.69) is 0 Å². The molecule has 1 saturated heterocycles. The summed E-state index contributed by atoms with van der Waals surface area (Å²) in [4.78, 5) is 25.4. The summed E-state index contributed by atoms with van der Waals surface area (Å²) in [6, 6.07) is 5.27. The van der Waals surface area contributed by atoms with E-state index in [1.807, 2.05) is 32.0 Å². The van der Waals surface area contributed by atoms with Gasteiger partial charge in [-0.2, -0.15) is 0 Å². The average Bonchev–Trinajstić information content (AvgIpc) is 2.97. The Morgan fingerprint density at radius 1 is 1.33 bits per heavy atom. The van der Waals surface area contributed by atoms with E-state index in [1.54, 1.807) is 4.90 Å². The summed E-state index contributed by atoms with van der Waals surface area (Å²) in [5, 5.41) is 0. The molecule has 1 amide bonds. The van der Waals surface area contributed by atoms with Gasteiger partial charge >= 0.3 is 5.97 Å². The number of likely N-dealkylation sites (tertiary alicyclic amines) is 1. The van der Waals surface area contributed by atoms with Crippen molar-refractivity contribution >= 4 is 11.9 Å². The maximum atomic E-state index is 12.2. The van der Waals surface area contributed by atoms with Gasteiger partial charge in [0, 0.05) is 6.54 Å². The average molecular weight is 291 g/mol. The molecular formula is C16H21NO4. The first kappa shape index (κ1) is 15.4. The lowest BCUT2D eigenvalue weighted by Crippen LogP contribution is -2.43. The Bertz CT molecular complexity index is 541. The van der Waals surface area contributed by atoms with Crippen LogP contribution in [0.2, 0.25) is 0 Å². The lowest BCUT2D eigenvalue weighted by Gasteiger charge is -2.23. The molecule has 1 aliphatic heterocycles. The van der Waals surface area contributed by atoms with E-state index in [0.29, 0.717) is 18.7 Å². The highest BCUT2D eigenvalue weighted by atomic mass is 16.5. The van der Waals surface area contributed by atoms with Gasteiger partial charge in [-0.25, -0.2) is 4.79 Å². The molecule has 2 rings (SSSR count). The minimum Gasteiger partial charge on any atom is -0.483 e. The maximum Gasteiger partial charge on any atom is 0.328 e. The van der Waals surface area contributed by atoms with Crippen LogP contribution in [0, 0.1) is 13.8 Å². The number of rotatable bonds is 4. The van der Waals surface area contributed by atoms with Crippen LogP contribution in [-0.2, 0) is 14.3 Å². The molecule has 1 unspecified atom stereocenters. The summed E-state index contributed by atoms with van der Waals surface area (Å²) in [6.45, 7) is 4.48. The number of aryl methyl sites for hydroxylation is 1. The molecule has 21 heavy (non-hydrogen) atoms. The third-order valence-electron chi connectivity index (χ3n) is 3.95. The zero-order valence-corrected chi connectivity index (χ0v) is 12.7. The predicted molar refractivity (Wildman–Crippen MR) is 78.2 cm³/mol. The van der Waals surface area contributed by atoms with E-state index in [1.165, 1.54) is 7.11 Å². The number of carbonyl (C=O) groups excluding carboxylic acids is 2. The van der Waals surface area contributed by atoms with E-state index in [4.69, 9.17) is 9.47 Å². The summed E-state index contributed by atoms with van der Waals surface area (Å²) in [5.41, 5.74) is 2.14. The van der Waals surface area contributed by atoms with Gasteiger partial charge in [-0.1, -0.05) is 12.1 Å². The van der Waals surface area contributed by atoms with Gasteiger partial charge in [-0.05, 0) is 43.9 Å². The quantitative estimate of drug-likeness (QED) is 0.794. The number of carbonyl (C=O) groups is 2. The van der Waals surface area contributed by atoms with E-state index in [-0.39, 0.29) is 18.5 Å². The molecule has 5 heteroatoms. The van der Waals surface area contributed by atoms with Crippen LogP contribution in [0.1, 0.15) is 24.0 Å². The molecule has 0 aromatic heterocycles. The molecule has 1 fully saturated rings. The van der Waals surface area contributed by atoms with E-state index in [9.17, 15) is 9.59 Å². The van der Waals surface area contributed by atoms with E-state index < -0.39 is 6.04 Å². The highest BCUT2D eigenvalue weighted by Gasteiger charge is 2.34. The molecule has 1 aliphatic rings. The highest BCUT2D eigenvalue weighted by molar-refractivity contribution is 5.85. The molecule has 1 aromatic carbocycles. The molecule has 1 atom stereocenters. The van der Waals surface area contributed by atoms with Crippen LogP contribution in [0.5, 0.6) is 5.75 Å². The fourth-order valence-corrected chi connectivity index (χ4v) is 2.55. The molecule has 0 N–H and O–H groups in total. The number of esters is 1. The van der Waals surface area contributed by atoms with Crippen LogP contribution in [0.25, 0.3) is 0 Å². The molecular weight excluding hydrogens is 270 g/mol. The van der Waals surface area contributed by atoms with Crippen molar-refractivity contribution in [3.8, 4) is 5.75 Å². The van der Waals surface area contributed by atoms with Crippen LogP contribution in [0.15, 0.2) is 18.2 Å². The minimum atomic E-state index is -0.468. The van der Waals surface area contributed by atoms with E-state index >= 15 is 0 Å². The van der Waals surface area contributed by atoms with Crippen LogP contribution < -0.4 is 4.74 Å². The van der Waals surface area contributed by atoms with Gasteiger partial charge in [0.05, 0.1) is 7.11 Å². The van der Waals surface area contributed by atoms with Gasteiger partial charge in [-0.3, -0.25) is 4.79 Å².